The van der Waals surface area contributed by atoms with E-state index < -0.39 is 0 Å². The summed E-state index contributed by atoms with van der Waals surface area (Å²) in [6, 6.07) is 8.61. The van der Waals surface area contributed by atoms with Crippen molar-refractivity contribution < 1.29 is 0 Å². The third-order valence-electron chi connectivity index (χ3n) is 4.02. The van der Waals surface area contributed by atoms with E-state index in [9.17, 15) is 0 Å². The maximum absolute atomic E-state index is 6.03. The Morgan fingerprint density at radius 2 is 2.00 bits per heavy atom. The monoisotopic (exact) mass is 294 g/mol. The topological polar surface area (TPSA) is 56.7 Å². The van der Waals surface area contributed by atoms with E-state index in [2.05, 4.69) is 58.0 Å². The molecule has 0 bridgehead atoms. The van der Waals surface area contributed by atoms with Gasteiger partial charge in [0.05, 0.1) is 5.39 Å². The van der Waals surface area contributed by atoms with Crippen molar-refractivity contribution in [2.75, 3.05) is 5.73 Å². The van der Waals surface area contributed by atoms with Crippen molar-refractivity contribution >= 4 is 38.3 Å². The van der Waals surface area contributed by atoms with E-state index in [4.69, 9.17) is 5.73 Å². The minimum absolute atomic E-state index is 0.538. The quantitative estimate of drug-likeness (QED) is 0.580. The van der Waals surface area contributed by atoms with E-state index >= 15 is 0 Å². The molecule has 104 valence electrons. The summed E-state index contributed by atoms with van der Waals surface area (Å²) in [6.07, 6.45) is 1.52. The van der Waals surface area contributed by atoms with Gasteiger partial charge in [0.1, 0.15) is 12.1 Å². The zero-order valence-corrected chi connectivity index (χ0v) is 12.6. The van der Waals surface area contributed by atoms with Gasteiger partial charge in [-0.05, 0) is 54.4 Å². The van der Waals surface area contributed by atoms with Crippen LogP contribution in [0.1, 0.15) is 11.3 Å². The largest absolute Gasteiger partial charge is 0.383 e. The molecule has 1 aromatic carbocycles. The number of rotatable bonds is 1. The number of nitrogen functional groups attached to an aromatic ring is 1. The van der Waals surface area contributed by atoms with Crippen molar-refractivity contribution in [1.82, 2.24) is 14.5 Å². The van der Waals surface area contributed by atoms with Crippen LogP contribution in [0.25, 0.3) is 26.8 Å². The summed E-state index contributed by atoms with van der Waals surface area (Å²) in [5, 5.41) is 4.30. The van der Waals surface area contributed by atoms with Gasteiger partial charge in [-0.1, -0.05) is 0 Å². The molecular formula is C16H14N4S. The van der Waals surface area contributed by atoms with Crippen LogP contribution in [0, 0.1) is 13.8 Å². The van der Waals surface area contributed by atoms with Gasteiger partial charge in [0.15, 0.2) is 5.65 Å². The number of hydrogen-bond acceptors (Lipinski definition) is 4. The molecule has 0 spiro atoms. The summed E-state index contributed by atoms with van der Waals surface area (Å²) < 4.78 is 3.44. The molecule has 4 rings (SSSR count). The van der Waals surface area contributed by atoms with Crippen LogP contribution in [0.5, 0.6) is 0 Å². The molecule has 0 fully saturated rings. The van der Waals surface area contributed by atoms with Crippen LogP contribution >= 0.6 is 11.3 Å². The fourth-order valence-corrected chi connectivity index (χ4v) is 3.61. The Labute approximate surface area is 125 Å². The first-order valence-electron chi connectivity index (χ1n) is 6.72. The van der Waals surface area contributed by atoms with Gasteiger partial charge in [0, 0.05) is 16.1 Å². The maximum atomic E-state index is 6.03. The molecule has 3 aromatic heterocycles. The van der Waals surface area contributed by atoms with Crippen LogP contribution in [-0.2, 0) is 0 Å². The molecule has 5 heteroatoms. The van der Waals surface area contributed by atoms with E-state index in [0.29, 0.717) is 5.82 Å². The minimum Gasteiger partial charge on any atom is -0.383 e. The molecular weight excluding hydrogens is 280 g/mol. The van der Waals surface area contributed by atoms with Crippen molar-refractivity contribution in [1.29, 1.82) is 0 Å². The van der Waals surface area contributed by atoms with Crippen molar-refractivity contribution in [3.63, 3.8) is 0 Å². The van der Waals surface area contributed by atoms with Gasteiger partial charge in [0.25, 0.3) is 0 Å². The Kier molecular flexibility index (Phi) is 2.53. The van der Waals surface area contributed by atoms with Crippen LogP contribution in [0.3, 0.4) is 0 Å². The second kappa shape index (κ2) is 4.30. The van der Waals surface area contributed by atoms with Crippen molar-refractivity contribution in [3.8, 4) is 5.69 Å². The lowest BCUT2D eigenvalue weighted by Crippen LogP contribution is -1.99. The predicted octanol–water partition coefficient (Wildman–Crippen LogP) is 3.83. The Morgan fingerprint density at radius 1 is 1.14 bits per heavy atom. The zero-order chi connectivity index (χ0) is 14.6. The molecule has 4 nitrogen and oxygen atoms in total. The molecule has 21 heavy (non-hydrogen) atoms. The average molecular weight is 294 g/mol. The van der Waals surface area contributed by atoms with E-state index in [0.717, 1.165) is 28.0 Å². The zero-order valence-electron chi connectivity index (χ0n) is 11.8. The van der Waals surface area contributed by atoms with E-state index in [1.807, 2.05) is 0 Å². The van der Waals surface area contributed by atoms with E-state index in [-0.39, 0.29) is 0 Å². The summed E-state index contributed by atoms with van der Waals surface area (Å²) in [7, 11) is 0. The first-order valence-corrected chi connectivity index (χ1v) is 7.60. The molecule has 0 aliphatic rings. The van der Waals surface area contributed by atoms with Gasteiger partial charge in [-0.25, -0.2) is 9.97 Å². The number of thiophene rings is 1. The first-order chi connectivity index (χ1) is 10.2. The molecule has 0 aliphatic heterocycles. The maximum Gasteiger partial charge on any atom is 0.150 e. The van der Waals surface area contributed by atoms with E-state index in [1.54, 1.807) is 11.3 Å². The second-order valence-corrected chi connectivity index (χ2v) is 6.09. The highest BCUT2D eigenvalue weighted by Crippen LogP contribution is 2.31. The fraction of sp³-hybridized carbons (Fsp3) is 0.125. The van der Waals surface area contributed by atoms with Gasteiger partial charge >= 0.3 is 0 Å². The summed E-state index contributed by atoms with van der Waals surface area (Å²) in [6.45, 7) is 4.16. The predicted molar refractivity (Wildman–Crippen MR) is 88.1 cm³/mol. The molecule has 0 aliphatic carbocycles. The number of aromatic nitrogens is 3. The van der Waals surface area contributed by atoms with Gasteiger partial charge < -0.3 is 5.73 Å². The molecule has 2 N–H and O–H groups in total. The smallest absolute Gasteiger partial charge is 0.150 e. The fourth-order valence-electron chi connectivity index (χ4n) is 2.84. The van der Waals surface area contributed by atoms with Crippen LogP contribution in [0.15, 0.2) is 36.0 Å². The summed E-state index contributed by atoms with van der Waals surface area (Å²) in [5.41, 5.74) is 10.3. The lowest BCUT2D eigenvalue weighted by molar-refractivity contribution is 1.02. The standard InChI is InChI=1S/C16H14N4S/c1-9-10(2)20(16-14(9)15(17)18-8-19-16)12-3-4-13-11(7-12)5-6-21-13/h3-8H,1-2H3,(H2,17,18,19). The Bertz CT molecular complexity index is 981. The molecule has 0 unspecified atom stereocenters. The van der Waals surface area contributed by atoms with Crippen molar-refractivity contribution in [2.45, 2.75) is 13.8 Å². The van der Waals surface area contributed by atoms with Gasteiger partial charge in [-0.2, -0.15) is 0 Å². The molecule has 0 amide bonds. The number of nitrogens with two attached hydrogens (primary N) is 1. The average Bonchev–Trinajstić information content (AvgIpc) is 3.03. The molecule has 3 heterocycles. The third-order valence-corrected chi connectivity index (χ3v) is 4.91. The third kappa shape index (κ3) is 1.67. The van der Waals surface area contributed by atoms with Crippen molar-refractivity contribution in [2.24, 2.45) is 0 Å². The number of hydrogen-bond donors (Lipinski definition) is 1. The summed E-state index contributed by atoms with van der Waals surface area (Å²) in [4.78, 5) is 8.56. The second-order valence-electron chi connectivity index (χ2n) is 5.15. The number of fused-ring (bicyclic) bond motifs is 2. The van der Waals surface area contributed by atoms with E-state index in [1.165, 1.54) is 16.4 Å². The normalized spacial score (nSPS) is 11.5. The highest BCUT2D eigenvalue weighted by atomic mass is 32.1. The molecule has 0 atom stereocenters. The highest BCUT2D eigenvalue weighted by molar-refractivity contribution is 7.17. The highest BCUT2D eigenvalue weighted by Gasteiger charge is 2.16. The first kappa shape index (κ1) is 12.3. The van der Waals surface area contributed by atoms with Gasteiger partial charge in [-0.15, -0.1) is 11.3 Å². The Balaban J connectivity index is 2.10. The van der Waals surface area contributed by atoms with Crippen LogP contribution < -0.4 is 5.73 Å². The summed E-state index contributed by atoms with van der Waals surface area (Å²) >= 11 is 1.75. The number of nitrogens with zero attached hydrogens (tertiary/aromatic N) is 3. The molecule has 0 saturated heterocycles. The lowest BCUT2D eigenvalue weighted by atomic mass is 10.2. The SMILES string of the molecule is Cc1c(C)n(-c2ccc3sccc3c2)c2ncnc(N)c12. The van der Waals surface area contributed by atoms with Crippen LogP contribution in [-0.4, -0.2) is 14.5 Å². The van der Waals surface area contributed by atoms with Crippen molar-refractivity contribution in [3.05, 3.63) is 47.2 Å². The number of benzene rings is 1. The summed E-state index contributed by atoms with van der Waals surface area (Å²) in [5.74, 6) is 0.538. The molecule has 4 aromatic rings. The number of anilines is 1. The Hall–Kier alpha value is -2.40. The lowest BCUT2D eigenvalue weighted by Gasteiger charge is -2.08. The molecule has 0 radical (unpaired) electrons. The van der Waals surface area contributed by atoms with Crippen LogP contribution in [0.4, 0.5) is 5.82 Å². The van der Waals surface area contributed by atoms with Crippen LogP contribution in [0.2, 0.25) is 0 Å². The van der Waals surface area contributed by atoms with Gasteiger partial charge in [0.2, 0.25) is 0 Å². The molecule has 0 saturated carbocycles. The van der Waals surface area contributed by atoms with Gasteiger partial charge in [-0.3, -0.25) is 4.57 Å². The number of aryl methyl sites for hydroxylation is 1. The minimum atomic E-state index is 0.538. The Morgan fingerprint density at radius 3 is 2.86 bits per heavy atom.